The molecule has 5 aromatic rings. The minimum atomic E-state index is -0.608. The van der Waals surface area contributed by atoms with Gasteiger partial charge in [0.15, 0.2) is 0 Å². The van der Waals surface area contributed by atoms with Gasteiger partial charge in [0.2, 0.25) is 0 Å². The molecule has 0 radical (unpaired) electrons. The number of carbonyl (C=O) groups excluding carboxylic acids is 2. The van der Waals surface area contributed by atoms with Gasteiger partial charge in [-0.1, -0.05) is 58.4 Å². The number of amides is 2. The molecule has 0 atom stereocenters. The Morgan fingerprint density at radius 3 is 2.42 bits per heavy atom. The second-order valence-electron chi connectivity index (χ2n) is 8.10. The lowest BCUT2D eigenvalue weighted by Gasteiger charge is -2.09. The molecule has 3 N–H and O–H groups in total. The van der Waals surface area contributed by atoms with Gasteiger partial charge in [-0.25, -0.2) is 15.9 Å². The molecule has 36 heavy (non-hydrogen) atoms. The average Bonchev–Trinajstić information content (AvgIpc) is 3.20. The number of carbonyl (C=O) groups is 2. The fourth-order valence-corrected chi connectivity index (χ4v) is 4.39. The molecule has 5 rings (SSSR count). The van der Waals surface area contributed by atoms with Crippen LogP contribution in [-0.4, -0.2) is 32.8 Å². The average molecular weight is 542 g/mol. The molecule has 2 aromatic heterocycles. The molecule has 0 saturated heterocycles. The van der Waals surface area contributed by atoms with Gasteiger partial charge in [-0.15, -0.1) is 0 Å². The van der Waals surface area contributed by atoms with Crippen molar-refractivity contribution in [3.05, 3.63) is 100 Å². The minimum Gasteiger partial charge on any atom is -0.342 e. The fourth-order valence-electron chi connectivity index (χ4n) is 4.13. The monoisotopic (exact) mass is 541 g/mol. The Labute approximate surface area is 214 Å². The highest BCUT2D eigenvalue weighted by Gasteiger charge is 2.19. The Hall–Kier alpha value is -4.34. The number of nitrogens with zero attached hydrogens (tertiary/aromatic N) is 3. The van der Waals surface area contributed by atoms with Crippen LogP contribution in [0, 0.1) is 0 Å². The van der Waals surface area contributed by atoms with Crippen molar-refractivity contribution in [1.29, 1.82) is 0 Å². The minimum absolute atomic E-state index is 0.240. The second-order valence-corrected chi connectivity index (χ2v) is 9.01. The van der Waals surface area contributed by atoms with E-state index in [9.17, 15) is 9.59 Å². The zero-order chi connectivity index (χ0) is 25.2. The number of rotatable bonds is 5. The van der Waals surface area contributed by atoms with Crippen LogP contribution in [0.15, 0.2) is 88.4 Å². The number of nitrogens with one attached hydrogen (secondary N) is 2. The summed E-state index contributed by atoms with van der Waals surface area (Å²) in [5.41, 5.74) is 8.89. The van der Waals surface area contributed by atoms with E-state index in [0.29, 0.717) is 16.8 Å². The third-order valence-corrected chi connectivity index (χ3v) is 6.42. The number of halogens is 1. The van der Waals surface area contributed by atoms with Crippen molar-refractivity contribution in [1.82, 2.24) is 20.5 Å². The summed E-state index contributed by atoms with van der Waals surface area (Å²) in [6, 6.07) is 24.0. The van der Waals surface area contributed by atoms with E-state index in [0.717, 1.165) is 31.8 Å². The predicted molar refractivity (Wildman–Crippen MR) is 142 cm³/mol. The Morgan fingerprint density at radius 1 is 0.972 bits per heavy atom. The van der Waals surface area contributed by atoms with Gasteiger partial charge in [-0.3, -0.25) is 14.8 Å². The third-order valence-electron chi connectivity index (χ3n) is 5.89. The smallest absolute Gasteiger partial charge is 0.289 e. The van der Waals surface area contributed by atoms with Crippen LogP contribution in [-0.2, 0) is 7.05 Å². The van der Waals surface area contributed by atoms with Gasteiger partial charge >= 0.3 is 0 Å². The zero-order valence-electron chi connectivity index (χ0n) is 19.1. The van der Waals surface area contributed by atoms with Crippen LogP contribution in [0.25, 0.3) is 33.1 Å². The molecule has 0 spiro atoms. The number of pyridine rings is 1. The quantitative estimate of drug-likeness (QED) is 0.164. The molecule has 2 amide bonds. The molecule has 0 bridgehead atoms. The number of hydrogen-bond donors (Lipinski definition) is 3. The Morgan fingerprint density at radius 2 is 1.69 bits per heavy atom. The summed E-state index contributed by atoms with van der Waals surface area (Å²) in [6.45, 7) is 0. The van der Waals surface area contributed by atoms with Gasteiger partial charge in [-0.05, 0) is 42.0 Å². The van der Waals surface area contributed by atoms with E-state index < -0.39 is 11.8 Å². The van der Waals surface area contributed by atoms with Crippen molar-refractivity contribution in [2.75, 3.05) is 0 Å². The summed E-state index contributed by atoms with van der Waals surface area (Å²) in [4.78, 5) is 29.2. The molecule has 0 saturated carbocycles. The van der Waals surface area contributed by atoms with Gasteiger partial charge in [0, 0.05) is 38.9 Å². The Kier molecular flexibility index (Phi) is 6.32. The largest absolute Gasteiger partial charge is 0.342 e. The van der Waals surface area contributed by atoms with E-state index in [1.54, 1.807) is 23.7 Å². The van der Waals surface area contributed by atoms with Crippen molar-refractivity contribution in [2.24, 2.45) is 12.1 Å². The highest BCUT2D eigenvalue weighted by molar-refractivity contribution is 9.10. The number of aryl methyl sites for hydroxylation is 1. The predicted octanol–water partition coefficient (Wildman–Crippen LogP) is 5.04. The maximum Gasteiger partial charge on any atom is 0.289 e. The summed E-state index contributed by atoms with van der Waals surface area (Å²) < 4.78 is 3.04. The van der Waals surface area contributed by atoms with Gasteiger partial charge in [0.25, 0.3) is 11.8 Å². The number of hydroxylamine groups is 1. The second kappa shape index (κ2) is 9.73. The lowest BCUT2D eigenvalue weighted by atomic mass is 10.1. The molecule has 2 heterocycles. The lowest BCUT2D eigenvalue weighted by molar-refractivity contribution is 0.0706. The SMILES string of the molecule is Cn1c2ccccc2c2cc(C(=O)N/N=C/c3ccc(C(=O)NO)cc3)nc(-c3ccc(Br)cc3)c21. The first-order chi connectivity index (χ1) is 17.5. The molecule has 178 valence electrons. The van der Waals surface area contributed by atoms with Crippen molar-refractivity contribution in [2.45, 2.75) is 0 Å². The van der Waals surface area contributed by atoms with E-state index >= 15 is 0 Å². The molecule has 0 unspecified atom stereocenters. The van der Waals surface area contributed by atoms with Gasteiger partial charge < -0.3 is 4.57 Å². The summed E-state index contributed by atoms with van der Waals surface area (Å²) in [5, 5.41) is 14.7. The molecule has 0 aliphatic heterocycles. The highest BCUT2D eigenvalue weighted by atomic mass is 79.9. The first-order valence-corrected chi connectivity index (χ1v) is 11.8. The normalized spacial score (nSPS) is 11.3. The van der Waals surface area contributed by atoms with E-state index in [1.807, 2.05) is 55.6 Å². The summed E-state index contributed by atoms with van der Waals surface area (Å²) in [6.07, 6.45) is 1.46. The first-order valence-electron chi connectivity index (χ1n) is 11.0. The van der Waals surface area contributed by atoms with E-state index in [-0.39, 0.29) is 5.69 Å². The van der Waals surface area contributed by atoms with Crippen LogP contribution in [0.4, 0.5) is 0 Å². The number of benzene rings is 3. The number of fused-ring (bicyclic) bond motifs is 3. The number of hydrazone groups is 1. The van der Waals surface area contributed by atoms with Crippen molar-refractivity contribution < 1.29 is 14.8 Å². The lowest BCUT2D eigenvalue weighted by Crippen LogP contribution is -2.19. The molecule has 9 heteroatoms. The van der Waals surface area contributed by atoms with Crippen LogP contribution in [0.2, 0.25) is 0 Å². The molecule has 0 fully saturated rings. The molecular formula is C27H20BrN5O3. The Balaban J connectivity index is 1.51. The van der Waals surface area contributed by atoms with E-state index in [2.05, 4.69) is 31.0 Å². The third kappa shape index (κ3) is 4.37. The van der Waals surface area contributed by atoms with Crippen LogP contribution < -0.4 is 10.9 Å². The topological polar surface area (TPSA) is 109 Å². The number of aromatic nitrogens is 2. The van der Waals surface area contributed by atoms with Crippen LogP contribution >= 0.6 is 15.9 Å². The summed E-state index contributed by atoms with van der Waals surface area (Å²) in [5.74, 6) is -1.06. The first kappa shape index (κ1) is 23.4. The fraction of sp³-hybridized carbons (Fsp3) is 0.0370. The maximum atomic E-state index is 13.1. The number of hydrogen-bond acceptors (Lipinski definition) is 5. The van der Waals surface area contributed by atoms with Crippen LogP contribution in [0.3, 0.4) is 0 Å². The molecule has 0 aliphatic carbocycles. The van der Waals surface area contributed by atoms with E-state index in [1.165, 1.54) is 18.3 Å². The van der Waals surface area contributed by atoms with Gasteiger partial charge in [-0.2, -0.15) is 5.10 Å². The molecule has 3 aromatic carbocycles. The zero-order valence-corrected chi connectivity index (χ0v) is 20.7. The van der Waals surface area contributed by atoms with Crippen LogP contribution in [0.1, 0.15) is 26.4 Å². The molecular weight excluding hydrogens is 522 g/mol. The van der Waals surface area contributed by atoms with Crippen molar-refractivity contribution in [3.63, 3.8) is 0 Å². The highest BCUT2D eigenvalue weighted by Crippen LogP contribution is 2.35. The van der Waals surface area contributed by atoms with Gasteiger partial charge in [0.1, 0.15) is 5.69 Å². The standard InChI is InChI=1S/C27H20BrN5O3/c1-33-23-5-3-2-4-20(23)21-14-22(30-24(25(21)33)17-10-12-19(28)13-11-17)27(35)31-29-15-16-6-8-18(9-7-16)26(34)32-36/h2-15,36H,1H3,(H,31,35)(H,32,34)/b29-15+. The number of para-hydroxylation sites is 1. The van der Waals surface area contributed by atoms with Crippen LogP contribution in [0.5, 0.6) is 0 Å². The summed E-state index contributed by atoms with van der Waals surface area (Å²) >= 11 is 3.47. The molecule has 8 nitrogen and oxygen atoms in total. The maximum absolute atomic E-state index is 13.1. The molecule has 0 aliphatic rings. The Bertz CT molecular complexity index is 1640. The summed E-state index contributed by atoms with van der Waals surface area (Å²) in [7, 11) is 1.99. The van der Waals surface area contributed by atoms with Crippen molar-refractivity contribution in [3.8, 4) is 11.3 Å². The van der Waals surface area contributed by atoms with Crippen molar-refractivity contribution >= 4 is 55.8 Å². The van der Waals surface area contributed by atoms with Gasteiger partial charge in [0.05, 0.1) is 17.4 Å². The van der Waals surface area contributed by atoms with E-state index in [4.69, 9.17) is 10.2 Å².